The Hall–Kier alpha value is -0.100. The van der Waals surface area contributed by atoms with Crippen molar-refractivity contribution in [2.45, 2.75) is 0 Å². The molecule has 0 aliphatic heterocycles. The topological polar surface area (TPSA) is 15.6 Å². The lowest BCUT2D eigenvalue weighted by Gasteiger charge is -2.16. The number of aliphatic imine (C=N–C) groups is 1. The van der Waals surface area contributed by atoms with Crippen LogP contribution in [0.5, 0.6) is 0 Å². The molecule has 0 aliphatic carbocycles. The lowest BCUT2D eigenvalue weighted by atomic mass is 11.1. The highest BCUT2D eigenvalue weighted by Crippen LogP contribution is 2.26. The Morgan fingerprint density at radius 2 is 2.00 bits per heavy atom. The smallest absolute Gasteiger partial charge is 0.0876 e. The first-order valence-corrected chi connectivity index (χ1v) is 4.69. The average Bonchev–Trinajstić information content (AvgIpc) is 1.67. The Labute approximate surface area is 52.4 Å². The summed E-state index contributed by atoms with van der Waals surface area (Å²) in [5.41, 5.74) is 0. The Kier molecular flexibility index (Phi) is 3.80. The zero-order chi connectivity index (χ0) is 6.57. The third-order valence-corrected chi connectivity index (χ3v) is 2.28. The summed E-state index contributed by atoms with van der Waals surface area (Å²) >= 11 is 0. The number of hydrogen-bond acceptors (Lipinski definition) is 1. The van der Waals surface area contributed by atoms with Gasteiger partial charge in [-0.3, -0.25) is 4.99 Å². The Balaban J connectivity index is 3.47. The highest BCUT2D eigenvalue weighted by Gasteiger charge is 1.93. The van der Waals surface area contributed by atoms with Crippen LogP contribution in [0.1, 0.15) is 0 Å². The molecule has 0 heterocycles. The number of rotatable bonds is 2. The van der Waals surface area contributed by atoms with Gasteiger partial charge in [-0.2, -0.15) is 0 Å². The zero-order valence-corrected chi connectivity index (χ0v) is 6.81. The molecule has 48 valence electrons. The molecule has 0 aromatic heterocycles. The van der Waals surface area contributed by atoms with E-state index in [1.807, 2.05) is 13.4 Å². The summed E-state index contributed by atoms with van der Waals surface area (Å²) in [5.74, 6) is 0. The van der Waals surface area contributed by atoms with Crippen molar-refractivity contribution in [1.82, 2.24) is 4.67 Å². The molecule has 0 unspecified atom stereocenters. The van der Waals surface area contributed by atoms with Crippen LogP contribution >= 0.6 is 8.07 Å². The van der Waals surface area contributed by atoms with E-state index in [-0.39, 0.29) is 8.07 Å². The van der Waals surface area contributed by atoms with Gasteiger partial charge in [-0.25, -0.2) is 0 Å². The minimum atomic E-state index is 0.0165. The fraction of sp³-hybridized carbons (Fsp3) is 0.800. The van der Waals surface area contributed by atoms with Crippen molar-refractivity contribution in [3.05, 3.63) is 0 Å². The molecule has 0 amide bonds. The lowest BCUT2D eigenvalue weighted by molar-refractivity contribution is 0.846. The molecule has 0 spiro atoms. The summed E-state index contributed by atoms with van der Waals surface area (Å²) in [6.45, 7) is 4.38. The van der Waals surface area contributed by atoms with E-state index in [9.17, 15) is 0 Å². The molecular weight excluding hydrogens is 119 g/mol. The van der Waals surface area contributed by atoms with Crippen molar-refractivity contribution in [2.75, 3.05) is 27.4 Å². The molecule has 0 N–H and O–H groups in total. The van der Waals surface area contributed by atoms with E-state index < -0.39 is 0 Å². The van der Waals surface area contributed by atoms with E-state index in [1.165, 1.54) is 0 Å². The first kappa shape index (κ1) is 7.90. The maximum atomic E-state index is 3.87. The van der Waals surface area contributed by atoms with Crippen LogP contribution in [0.15, 0.2) is 4.99 Å². The summed E-state index contributed by atoms with van der Waals surface area (Å²) < 4.78 is 2.12. The number of hydrogen-bond donors (Lipinski definition) is 0. The Morgan fingerprint density at radius 3 is 2.12 bits per heavy atom. The van der Waals surface area contributed by atoms with Gasteiger partial charge in [0.2, 0.25) is 0 Å². The van der Waals surface area contributed by atoms with Crippen molar-refractivity contribution in [3.63, 3.8) is 0 Å². The highest BCUT2D eigenvalue weighted by atomic mass is 31.1. The van der Waals surface area contributed by atoms with E-state index in [2.05, 4.69) is 23.0 Å². The van der Waals surface area contributed by atoms with Gasteiger partial charge < -0.3 is 4.67 Å². The van der Waals surface area contributed by atoms with Gasteiger partial charge >= 0.3 is 0 Å². The molecule has 0 fully saturated rings. The predicted molar refractivity (Wildman–Crippen MR) is 40.9 cm³/mol. The minimum Gasteiger partial charge on any atom is -0.346 e. The second kappa shape index (κ2) is 3.85. The quantitative estimate of drug-likeness (QED) is 0.313. The second-order valence-corrected chi connectivity index (χ2v) is 4.12. The summed E-state index contributed by atoms with van der Waals surface area (Å²) in [6, 6.07) is 0. The SMILES string of the molecule is CN=CN(C)P(C)C. The van der Waals surface area contributed by atoms with E-state index >= 15 is 0 Å². The van der Waals surface area contributed by atoms with Crippen LogP contribution in [0.4, 0.5) is 0 Å². The lowest BCUT2D eigenvalue weighted by Crippen LogP contribution is -2.06. The molecule has 8 heavy (non-hydrogen) atoms. The van der Waals surface area contributed by atoms with E-state index in [4.69, 9.17) is 0 Å². The maximum absolute atomic E-state index is 3.87. The highest BCUT2D eigenvalue weighted by molar-refractivity contribution is 7.54. The third-order valence-electron chi connectivity index (χ3n) is 0.914. The van der Waals surface area contributed by atoms with Gasteiger partial charge in [-0.1, -0.05) is 0 Å². The van der Waals surface area contributed by atoms with Crippen LogP contribution < -0.4 is 0 Å². The molecule has 0 aliphatic rings. The van der Waals surface area contributed by atoms with Crippen LogP contribution in [-0.4, -0.2) is 38.4 Å². The first-order valence-electron chi connectivity index (χ1n) is 2.51. The fourth-order valence-corrected chi connectivity index (χ4v) is 0.580. The summed E-state index contributed by atoms with van der Waals surface area (Å²) in [5, 5.41) is 0. The minimum absolute atomic E-state index is 0.0165. The molecular formula is C5H13N2P. The molecule has 0 atom stereocenters. The van der Waals surface area contributed by atoms with Crippen LogP contribution in [0.2, 0.25) is 0 Å². The van der Waals surface area contributed by atoms with Crippen molar-refractivity contribution in [3.8, 4) is 0 Å². The van der Waals surface area contributed by atoms with Gasteiger partial charge in [0.05, 0.1) is 6.34 Å². The third kappa shape index (κ3) is 2.98. The standard InChI is InChI=1S/C5H13N2P/c1-6-5-7(2)8(3)4/h5H,1-4H3. The van der Waals surface area contributed by atoms with Crippen molar-refractivity contribution < 1.29 is 0 Å². The van der Waals surface area contributed by atoms with E-state index in [1.54, 1.807) is 7.05 Å². The van der Waals surface area contributed by atoms with Crippen LogP contribution in [0.3, 0.4) is 0 Å². The molecule has 0 aromatic rings. The Bertz CT molecular complexity index is 80.5. The Morgan fingerprint density at radius 1 is 1.50 bits per heavy atom. The molecule has 0 bridgehead atoms. The summed E-state index contributed by atoms with van der Waals surface area (Å²) in [4.78, 5) is 3.87. The van der Waals surface area contributed by atoms with Crippen molar-refractivity contribution in [2.24, 2.45) is 4.99 Å². The monoisotopic (exact) mass is 132 g/mol. The largest absolute Gasteiger partial charge is 0.346 e. The summed E-state index contributed by atoms with van der Waals surface area (Å²) in [7, 11) is 3.84. The average molecular weight is 132 g/mol. The zero-order valence-electron chi connectivity index (χ0n) is 5.92. The maximum Gasteiger partial charge on any atom is 0.0876 e. The van der Waals surface area contributed by atoms with Gasteiger partial charge in [0.1, 0.15) is 0 Å². The van der Waals surface area contributed by atoms with Gasteiger partial charge in [0.25, 0.3) is 0 Å². The van der Waals surface area contributed by atoms with Crippen LogP contribution in [0.25, 0.3) is 0 Å². The molecule has 0 saturated carbocycles. The summed E-state index contributed by atoms with van der Waals surface area (Å²) in [6.07, 6.45) is 1.85. The van der Waals surface area contributed by atoms with Crippen molar-refractivity contribution >= 4 is 14.4 Å². The molecule has 0 rings (SSSR count). The van der Waals surface area contributed by atoms with Gasteiger partial charge in [0, 0.05) is 14.1 Å². The molecule has 3 heteroatoms. The van der Waals surface area contributed by atoms with Crippen LogP contribution in [0, 0.1) is 0 Å². The van der Waals surface area contributed by atoms with E-state index in [0.717, 1.165) is 0 Å². The first-order chi connectivity index (χ1) is 3.68. The fourth-order valence-electron chi connectivity index (χ4n) is 0.270. The van der Waals surface area contributed by atoms with Gasteiger partial charge in [-0.15, -0.1) is 0 Å². The number of nitrogens with zero attached hydrogens (tertiary/aromatic N) is 2. The van der Waals surface area contributed by atoms with Crippen LogP contribution in [-0.2, 0) is 0 Å². The van der Waals surface area contributed by atoms with E-state index in [0.29, 0.717) is 0 Å². The molecule has 0 aromatic carbocycles. The predicted octanol–water partition coefficient (Wildman–Crippen LogP) is 1.23. The molecule has 2 nitrogen and oxygen atoms in total. The second-order valence-electron chi connectivity index (χ2n) is 1.79. The normalized spacial score (nSPS) is 11.1. The van der Waals surface area contributed by atoms with Gasteiger partial charge in [-0.05, 0) is 21.4 Å². The van der Waals surface area contributed by atoms with Gasteiger partial charge in [0.15, 0.2) is 0 Å². The van der Waals surface area contributed by atoms with Crippen molar-refractivity contribution in [1.29, 1.82) is 0 Å². The molecule has 0 saturated heterocycles. The molecule has 0 radical (unpaired) electrons.